The number of carbonyl (C=O) groups is 2. The molecular formula is C69H90N18O4. The number of piperidine rings is 4. The maximum atomic E-state index is 14.8. The van der Waals surface area contributed by atoms with Gasteiger partial charge < -0.3 is 56.1 Å². The van der Waals surface area contributed by atoms with Crippen LogP contribution in [0, 0.1) is 24.7 Å². The van der Waals surface area contributed by atoms with Crippen LogP contribution in [0.1, 0.15) is 109 Å². The van der Waals surface area contributed by atoms with Crippen molar-refractivity contribution in [2.75, 3.05) is 143 Å². The van der Waals surface area contributed by atoms with E-state index in [1.54, 1.807) is 24.8 Å². The summed E-state index contributed by atoms with van der Waals surface area (Å²) < 4.78 is 11.3. The predicted molar refractivity (Wildman–Crippen MR) is 356 cm³/mol. The molecule has 2 aromatic carbocycles. The summed E-state index contributed by atoms with van der Waals surface area (Å²) >= 11 is 0. The number of carbonyl (C=O) groups excluding carboxylic acids is 2. The molecule has 2 spiro atoms. The van der Waals surface area contributed by atoms with E-state index >= 15 is 0 Å². The molecule has 8 aliphatic heterocycles. The van der Waals surface area contributed by atoms with Crippen LogP contribution in [-0.2, 0) is 9.47 Å². The fraction of sp³-hybridized carbons (Fsp3) is 0.536. The van der Waals surface area contributed by atoms with Crippen molar-refractivity contribution < 1.29 is 19.1 Å². The second-order valence-electron chi connectivity index (χ2n) is 27.4. The molecule has 12 heterocycles. The number of ether oxygens (including phenoxy) is 2. The molecule has 8 aliphatic rings. The van der Waals surface area contributed by atoms with Gasteiger partial charge in [0.25, 0.3) is 11.8 Å². The average Bonchev–Trinajstić information content (AvgIpc) is 0.908. The fourth-order valence-corrected chi connectivity index (χ4v) is 15.9. The third-order valence-corrected chi connectivity index (χ3v) is 21.1. The van der Waals surface area contributed by atoms with E-state index in [1.807, 2.05) is 30.3 Å². The molecule has 480 valence electrons. The van der Waals surface area contributed by atoms with Crippen LogP contribution in [0.3, 0.4) is 0 Å². The molecule has 0 saturated carbocycles. The third-order valence-electron chi connectivity index (χ3n) is 21.1. The lowest BCUT2D eigenvalue weighted by Crippen LogP contribution is -2.65. The molecule has 0 unspecified atom stereocenters. The van der Waals surface area contributed by atoms with E-state index in [9.17, 15) is 9.59 Å². The molecule has 8 saturated heterocycles. The maximum absolute atomic E-state index is 14.8. The number of anilines is 8. The molecule has 0 aliphatic carbocycles. The van der Waals surface area contributed by atoms with E-state index in [1.165, 1.54) is 68.8 Å². The first-order valence-electron chi connectivity index (χ1n) is 33.5. The Kier molecular flexibility index (Phi) is 17.8. The summed E-state index contributed by atoms with van der Waals surface area (Å²) in [5, 5.41) is 16.4. The molecule has 14 rings (SSSR count). The van der Waals surface area contributed by atoms with E-state index in [-0.39, 0.29) is 34.8 Å². The van der Waals surface area contributed by atoms with E-state index in [4.69, 9.17) is 35.1 Å². The van der Waals surface area contributed by atoms with Crippen LogP contribution in [0.25, 0.3) is 22.5 Å². The number of rotatable bonds is 17. The number of nitrogens with two attached hydrogens (primary N) is 1. The van der Waals surface area contributed by atoms with Crippen LogP contribution < -0.4 is 42.2 Å². The molecule has 0 bridgehead atoms. The van der Waals surface area contributed by atoms with Gasteiger partial charge in [0.05, 0.1) is 0 Å². The SMILES string of the molecule is Cc1cc(Nc2nc(NC3CCOCC3)c(-c3ccncc3)nc2C(=O)NN2CCC3(CC2)CN(C2CCN(c4ccc(Nc5nc(NC6CCOCC6)c(-c6ccncc6)nc5C(N)=O)cc4C)CC2)C3)ccc1N1CCC(N2CCC3(CC2)CN(C)C3)CC1. The lowest BCUT2D eigenvalue weighted by atomic mass is 9.71. The first-order valence-corrected chi connectivity index (χ1v) is 33.5. The van der Waals surface area contributed by atoms with Gasteiger partial charge in [0.1, 0.15) is 11.4 Å². The smallest absolute Gasteiger partial charge is 0.288 e. The predicted octanol–water partition coefficient (Wildman–Crippen LogP) is 8.48. The Morgan fingerprint density at radius 1 is 0.516 bits per heavy atom. The summed E-state index contributed by atoms with van der Waals surface area (Å²) in [6, 6.07) is 21.9. The maximum Gasteiger partial charge on any atom is 0.288 e. The highest BCUT2D eigenvalue weighted by Gasteiger charge is 2.48. The molecule has 0 radical (unpaired) electrons. The highest BCUT2D eigenvalue weighted by Crippen LogP contribution is 2.44. The molecule has 0 atom stereocenters. The van der Waals surface area contributed by atoms with Crippen molar-refractivity contribution in [1.29, 1.82) is 0 Å². The van der Waals surface area contributed by atoms with Crippen LogP contribution >= 0.6 is 0 Å². The topological polar surface area (TPSA) is 236 Å². The standard InChI is InChI=1S/C69H90N18O4/c1-46-40-52(75-65-60(62(70)88)77-58(48-8-24-71-25-9-48)63(79-65)73-50-16-36-90-37-17-50)4-6-57(46)85-30-14-55(15-31-85)86-44-69(45-86)22-34-87(35-23-69)81-67(89)61-66(80-64(74-51-18-38-91-39-19-51)59(78-61)49-10-26-72-27-11-49)76-53-5-7-56(47(2)41-53)84-28-12-54(13-29-84)83-32-20-68(21-33-83)42-82(3)43-68/h4-11,24-27,40-41,50-51,54-55H,12-23,28-39,42-45H2,1-3H3,(H2,70,88)(H,81,89)(H2,73,75,79)(H2,74,76,80). The number of hydrazine groups is 1. The number of aryl methyl sites for hydroxylation is 2. The van der Waals surface area contributed by atoms with Gasteiger partial charge in [0.2, 0.25) is 0 Å². The van der Waals surface area contributed by atoms with Crippen LogP contribution in [0.2, 0.25) is 0 Å². The van der Waals surface area contributed by atoms with Crippen LogP contribution in [0.15, 0.2) is 85.5 Å². The summed E-state index contributed by atoms with van der Waals surface area (Å²) in [4.78, 5) is 69.5. The zero-order valence-corrected chi connectivity index (χ0v) is 53.3. The van der Waals surface area contributed by atoms with Gasteiger partial charge in [-0.25, -0.2) is 24.9 Å². The Labute approximate surface area is 534 Å². The summed E-state index contributed by atoms with van der Waals surface area (Å²) in [7, 11) is 2.25. The Morgan fingerprint density at radius 2 is 0.956 bits per heavy atom. The molecule has 7 N–H and O–H groups in total. The van der Waals surface area contributed by atoms with E-state index in [0.717, 1.165) is 132 Å². The fourth-order valence-electron chi connectivity index (χ4n) is 15.9. The lowest BCUT2D eigenvalue weighted by Gasteiger charge is -2.57. The van der Waals surface area contributed by atoms with Gasteiger partial charge in [0.15, 0.2) is 34.7 Å². The number of nitrogens with zero attached hydrogens (tertiary/aromatic N) is 12. The van der Waals surface area contributed by atoms with Crippen molar-refractivity contribution in [1.82, 2.24) is 55.0 Å². The molecule has 6 aromatic rings. The molecule has 8 fully saturated rings. The normalized spacial score (nSPS) is 21.5. The van der Waals surface area contributed by atoms with Gasteiger partial charge in [0, 0.05) is 175 Å². The minimum absolute atomic E-state index is 0.0684. The van der Waals surface area contributed by atoms with Crippen LogP contribution in [0.5, 0.6) is 0 Å². The number of benzene rings is 2. The van der Waals surface area contributed by atoms with Crippen LogP contribution in [-0.4, -0.2) is 198 Å². The van der Waals surface area contributed by atoms with Gasteiger partial charge in [-0.05, 0) is 194 Å². The summed E-state index contributed by atoms with van der Waals surface area (Å²) in [6.45, 7) is 19.7. The number of hydrogen-bond donors (Lipinski definition) is 6. The highest BCUT2D eigenvalue weighted by molar-refractivity contribution is 5.99. The number of aromatic nitrogens is 6. The second kappa shape index (κ2) is 26.6. The summed E-state index contributed by atoms with van der Waals surface area (Å²) in [5.74, 6) is 0.973. The Balaban J connectivity index is 0.599. The minimum Gasteiger partial charge on any atom is -0.381 e. The second-order valence-corrected chi connectivity index (χ2v) is 27.4. The quantitative estimate of drug-likeness (QED) is 0.0502. The number of nitrogens with one attached hydrogen (secondary N) is 5. The number of primary amides is 1. The average molecular weight is 1240 g/mol. The third kappa shape index (κ3) is 13.5. The Hall–Kier alpha value is -7.60. The van der Waals surface area contributed by atoms with E-state index in [0.29, 0.717) is 78.6 Å². The Morgan fingerprint density at radius 3 is 1.42 bits per heavy atom. The number of pyridine rings is 2. The van der Waals surface area contributed by atoms with Crippen molar-refractivity contribution in [3.8, 4) is 22.5 Å². The largest absolute Gasteiger partial charge is 0.381 e. The molecule has 4 aromatic heterocycles. The van der Waals surface area contributed by atoms with Crippen LogP contribution in [0.4, 0.5) is 46.0 Å². The van der Waals surface area contributed by atoms with Crippen molar-refractivity contribution in [3.05, 3.63) is 108 Å². The monoisotopic (exact) mass is 1230 g/mol. The molecular weight excluding hydrogens is 1140 g/mol. The lowest BCUT2D eigenvalue weighted by molar-refractivity contribution is -0.0785. The molecule has 22 heteroatoms. The van der Waals surface area contributed by atoms with Crippen molar-refractivity contribution in [2.45, 2.75) is 115 Å². The van der Waals surface area contributed by atoms with E-state index in [2.05, 4.69) is 117 Å². The molecule has 22 nitrogen and oxygen atoms in total. The zero-order valence-electron chi connectivity index (χ0n) is 53.3. The summed E-state index contributed by atoms with van der Waals surface area (Å²) in [5.41, 5.74) is 19.6. The number of likely N-dealkylation sites (tertiary alicyclic amines) is 3. The number of amides is 2. The van der Waals surface area contributed by atoms with Gasteiger partial charge in [-0.1, -0.05) is 0 Å². The summed E-state index contributed by atoms with van der Waals surface area (Å²) in [6.07, 6.45) is 19.5. The highest BCUT2D eigenvalue weighted by atomic mass is 16.5. The first-order chi connectivity index (χ1) is 44.4. The Bertz CT molecular complexity index is 3520. The minimum atomic E-state index is -0.663. The van der Waals surface area contributed by atoms with E-state index < -0.39 is 5.91 Å². The molecule has 2 amide bonds. The number of hydrogen-bond acceptors (Lipinski definition) is 20. The van der Waals surface area contributed by atoms with Gasteiger partial charge in [-0.15, -0.1) is 0 Å². The van der Waals surface area contributed by atoms with Crippen molar-refractivity contribution >= 4 is 57.8 Å². The van der Waals surface area contributed by atoms with Crippen molar-refractivity contribution in [2.24, 2.45) is 16.6 Å². The zero-order chi connectivity index (χ0) is 62.1. The van der Waals surface area contributed by atoms with Gasteiger partial charge in [-0.2, -0.15) is 0 Å². The van der Waals surface area contributed by atoms with Gasteiger partial charge >= 0.3 is 0 Å². The molecule has 91 heavy (non-hydrogen) atoms. The van der Waals surface area contributed by atoms with Gasteiger partial charge in [-0.3, -0.25) is 29.9 Å². The van der Waals surface area contributed by atoms with Crippen molar-refractivity contribution in [3.63, 3.8) is 0 Å². The first kappa shape index (κ1) is 60.9.